The summed E-state index contributed by atoms with van der Waals surface area (Å²) in [5, 5.41) is 12.7. The summed E-state index contributed by atoms with van der Waals surface area (Å²) in [4.78, 5) is 0. The summed E-state index contributed by atoms with van der Waals surface area (Å²) in [5.41, 5.74) is 1.99. The van der Waals surface area contributed by atoms with E-state index in [1.807, 2.05) is 30.3 Å². The maximum atomic E-state index is 13.2. The van der Waals surface area contributed by atoms with Gasteiger partial charge in [0, 0.05) is 6.54 Å². The highest BCUT2D eigenvalue weighted by atomic mass is 79.9. The highest BCUT2D eigenvalue weighted by Crippen LogP contribution is 2.21. The molecule has 2 rings (SSSR count). The second-order valence-electron chi connectivity index (χ2n) is 4.28. The van der Waals surface area contributed by atoms with E-state index in [1.165, 1.54) is 6.07 Å². The van der Waals surface area contributed by atoms with Crippen molar-refractivity contribution in [3.63, 3.8) is 0 Å². The quantitative estimate of drug-likeness (QED) is 0.883. The molecule has 0 fully saturated rings. The lowest BCUT2D eigenvalue weighted by atomic mass is 10.1. The fourth-order valence-electron chi connectivity index (χ4n) is 1.85. The average molecular weight is 324 g/mol. The van der Waals surface area contributed by atoms with Gasteiger partial charge < -0.3 is 10.4 Å². The number of halogens is 2. The Bertz CT molecular complexity index is 533. The Morgan fingerprint density at radius 2 is 1.89 bits per heavy atom. The second kappa shape index (κ2) is 6.80. The number of aliphatic hydroxyl groups excluding tert-OH is 1. The van der Waals surface area contributed by atoms with Gasteiger partial charge >= 0.3 is 0 Å². The maximum Gasteiger partial charge on any atom is 0.137 e. The number of hydrogen-bond donors (Lipinski definition) is 2. The zero-order chi connectivity index (χ0) is 13.7. The Hall–Kier alpha value is -1.23. The Morgan fingerprint density at radius 3 is 2.53 bits per heavy atom. The second-order valence-corrected chi connectivity index (χ2v) is 5.13. The van der Waals surface area contributed by atoms with E-state index >= 15 is 0 Å². The number of aliphatic hydroxyl groups is 1. The molecule has 0 spiro atoms. The normalized spacial score (nSPS) is 12.4. The molecule has 0 aliphatic heterocycles. The summed E-state index contributed by atoms with van der Waals surface area (Å²) in [5.74, 6) is -0.302. The topological polar surface area (TPSA) is 32.3 Å². The molecule has 2 aromatic rings. The van der Waals surface area contributed by atoms with Crippen LogP contribution < -0.4 is 5.32 Å². The molecule has 0 bridgehead atoms. The van der Waals surface area contributed by atoms with Crippen molar-refractivity contribution in [3.8, 4) is 0 Å². The van der Waals surface area contributed by atoms with Crippen molar-refractivity contribution in [1.29, 1.82) is 0 Å². The van der Waals surface area contributed by atoms with Gasteiger partial charge in [-0.25, -0.2) is 4.39 Å². The minimum absolute atomic E-state index is 0.0368. The lowest BCUT2D eigenvalue weighted by Gasteiger charge is -2.17. The molecule has 0 aromatic heterocycles. The predicted molar refractivity (Wildman–Crippen MR) is 77.2 cm³/mol. The van der Waals surface area contributed by atoms with Gasteiger partial charge in [-0.2, -0.15) is 0 Å². The zero-order valence-electron chi connectivity index (χ0n) is 10.3. The molecule has 0 aliphatic rings. The first-order chi connectivity index (χ1) is 9.20. The molecule has 0 aliphatic carbocycles. The van der Waals surface area contributed by atoms with Crippen LogP contribution in [0.25, 0.3) is 0 Å². The predicted octanol–water partition coefficient (Wildman–Crippen LogP) is 3.41. The molecule has 19 heavy (non-hydrogen) atoms. The van der Waals surface area contributed by atoms with Gasteiger partial charge in [0.25, 0.3) is 0 Å². The SMILES string of the molecule is OCC(NCc1ccccc1)c1ccc(F)c(Br)c1. The maximum absolute atomic E-state index is 13.2. The Morgan fingerprint density at radius 1 is 1.16 bits per heavy atom. The molecule has 1 unspecified atom stereocenters. The summed E-state index contributed by atoms with van der Waals surface area (Å²) in [6.07, 6.45) is 0. The van der Waals surface area contributed by atoms with Crippen LogP contribution in [0.2, 0.25) is 0 Å². The summed E-state index contributed by atoms with van der Waals surface area (Å²) in [7, 11) is 0. The van der Waals surface area contributed by atoms with E-state index in [1.54, 1.807) is 12.1 Å². The lowest BCUT2D eigenvalue weighted by molar-refractivity contribution is 0.243. The van der Waals surface area contributed by atoms with E-state index in [9.17, 15) is 9.50 Å². The van der Waals surface area contributed by atoms with Gasteiger partial charge in [0.2, 0.25) is 0 Å². The van der Waals surface area contributed by atoms with Crippen LogP contribution in [0.15, 0.2) is 53.0 Å². The molecular weight excluding hydrogens is 309 g/mol. The van der Waals surface area contributed by atoms with Gasteiger partial charge in [-0.05, 0) is 39.2 Å². The molecule has 2 aromatic carbocycles. The zero-order valence-corrected chi connectivity index (χ0v) is 11.9. The van der Waals surface area contributed by atoms with E-state index in [-0.39, 0.29) is 18.5 Å². The highest BCUT2D eigenvalue weighted by molar-refractivity contribution is 9.10. The largest absolute Gasteiger partial charge is 0.394 e. The average Bonchev–Trinajstić information content (AvgIpc) is 2.44. The minimum atomic E-state index is -0.302. The molecule has 0 amide bonds. The summed E-state index contributed by atoms with van der Waals surface area (Å²) >= 11 is 3.16. The molecular formula is C15H15BrFNO. The van der Waals surface area contributed by atoms with E-state index in [0.717, 1.165) is 11.1 Å². The minimum Gasteiger partial charge on any atom is -0.394 e. The van der Waals surface area contributed by atoms with Crippen LogP contribution in [0, 0.1) is 5.82 Å². The van der Waals surface area contributed by atoms with Crippen molar-refractivity contribution in [2.75, 3.05) is 6.61 Å². The Labute approximate surface area is 120 Å². The van der Waals surface area contributed by atoms with E-state index in [0.29, 0.717) is 11.0 Å². The van der Waals surface area contributed by atoms with Gasteiger partial charge in [0.05, 0.1) is 17.1 Å². The third kappa shape index (κ3) is 3.86. The molecule has 100 valence electrons. The van der Waals surface area contributed by atoms with Gasteiger partial charge in [0.15, 0.2) is 0 Å². The fraction of sp³-hybridized carbons (Fsp3) is 0.200. The number of hydrogen-bond acceptors (Lipinski definition) is 2. The van der Waals surface area contributed by atoms with Gasteiger partial charge in [-0.1, -0.05) is 36.4 Å². The number of nitrogens with one attached hydrogen (secondary N) is 1. The molecule has 4 heteroatoms. The Kier molecular flexibility index (Phi) is 5.07. The first kappa shape index (κ1) is 14.2. The van der Waals surface area contributed by atoms with Gasteiger partial charge in [-0.3, -0.25) is 0 Å². The summed E-state index contributed by atoms with van der Waals surface area (Å²) < 4.78 is 13.6. The highest BCUT2D eigenvalue weighted by Gasteiger charge is 2.11. The van der Waals surface area contributed by atoms with Crippen molar-refractivity contribution >= 4 is 15.9 Å². The summed E-state index contributed by atoms with van der Waals surface area (Å²) in [6, 6.07) is 14.5. The van der Waals surface area contributed by atoms with Crippen LogP contribution in [0.4, 0.5) is 4.39 Å². The van der Waals surface area contributed by atoms with Crippen molar-refractivity contribution in [1.82, 2.24) is 5.32 Å². The van der Waals surface area contributed by atoms with Crippen LogP contribution in [-0.4, -0.2) is 11.7 Å². The van der Waals surface area contributed by atoms with Gasteiger partial charge in [-0.15, -0.1) is 0 Å². The summed E-state index contributed by atoms with van der Waals surface area (Å²) in [6.45, 7) is 0.617. The monoisotopic (exact) mass is 323 g/mol. The lowest BCUT2D eigenvalue weighted by Crippen LogP contribution is -2.24. The molecule has 2 N–H and O–H groups in total. The fourth-order valence-corrected chi connectivity index (χ4v) is 2.25. The Balaban J connectivity index is 2.05. The van der Waals surface area contributed by atoms with Crippen molar-refractivity contribution in [2.24, 2.45) is 0 Å². The smallest absolute Gasteiger partial charge is 0.137 e. The first-order valence-electron chi connectivity index (χ1n) is 6.04. The number of benzene rings is 2. The van der Waals surface area contributed by atoms with Crippen LogP contribution in [0.1, 0.15) is 17.2 Å². The van der Waals surface area contributed by atoms with Crippen LogP contribution in [0.3, 0.4) is 0 Å². The standard InChI is InChI=1S/C15H15BrFNO/c16-13-8-12(6-7-14(13)17)15(10-19)18-9-11-4-2-1-3-5-11/h1-8,15,18-19H,9-10H2. The molecule has 0 saturated heterocycles. The number of rotatable bonds is 5. The third-order valence-electron chi connectivity index (χ3n) is 2.92. The van der Waals surface area contributed by atoms with E-state index < -0.39 is 0 Å². The molecule has 2 nitrogen and oxygen atoms in total. The van der Waals surface area contributed by atoms with Crippen molar-refractivity contribution in [2.45, 2.75) is 12.6 Å². The molecule has 0 radical (unpaired) electrons. The van der Waals surface area contributed by atoms with Gasteiger partial charge in [0.1, 0.15) is 5.82 Å². The van der Waals surface area contributed by atoms with E-state index in [2.05, 4.69) is 21.2 Å². The van der Waals surface area contributed by atoms with Crippen LogP contribution in [-0.2, 0) is 6.54 Å². The molecule has 1 atom stereocenters. The van der Waals surface area contributed by atoms with E-state index in [4.69, 9.17) is 0 Å². The molecule has 0 heterocycles. The third-order valence-corrected chi connectivity index (χ3v) is 3.53. The molecule has 0 saturated carbocycles. The first-order valence-corrected chi connectivity index (χ1v) is 6.83. The van der Waals surface area contributed by atoms with Crippen molar-refractivity contribution < 1.29 is 9.50 Å². The van der Waals surface area contributed by atoms with Crippen LogP contribution in [0.5, 0.6) is 0 Å². The van der Waals surface area contributed by atoms with Crippen molar-refractivity contribution in [3.05, 3.63) is 69.9 Å². The van der Waals surface area contributed by atoms with Crippen LogP contribution >= 0.6 is 15.9 Å².